The minimum atomic E-state index is -0.378. The zero-order valence-electron chi connectivity index (χ0n) is 10.9. The third kappa shape index (κ3) is 2.37. The highest BCUT2D eigenvalue weighted by Gasteiger charge is 2.44. The summed E-state index contributed by atoms with van der Waals surface area (Å²) in [6, 6.07) is 5.26. The maximum Gasteiger partial charge on any atom is 0.170 e. The van der Waals surface area contributed by atoms with E-state index in [9.17, 15) is 4.79 Å². The van der Waals surface area contributed by atoms with Crippen molar-refractivity contribution in [2.75, 3.05) is 6.61 Å². The number of carbonyl (C=O) groups is 1. The maximum atomic E-state index is 12.3. The van der Waals surface area contributed by atoms with Crippen LogP contribution in [0.3, 0.4) is 0 Å². The lowest BCUT2D eigenvalue weighted by atomic mass is 9.81. The monoisotopic (exact) mass is 280 g/mol. The molecule has 0 aromatic heterocycles. The average Bonchev–Trinajstić information content (AvgIpc) is 2.40. The van der Waals surface area contributed by atoms with Gasteiger partial charge < -0.3 is 9.47 Å². The number of halogens is 1. The molecule has 3 rings (SSSR count). The van der Waals surface area contributed by atoms with Crippen molar-refractivity contribution in [1.82, 2.24) is 0 Å². The molecule has 2 atom stereocenters. The van der Waals surface area contributed by atoms with E-state index >= 15 is 0 Å². The SMILES string of the molecule is CCC1CC2(CCO1)CC(=O)c1cc(Cl)ccc1O2. The summed E-state index contributed by atoms with van der Waals surface area (Å²) in [6.07, 6.45) is 3.14. The van der Waals surface area contributed by atoms with E-state index < -0.39 is 0 Å². The first kappa shape index (κ1) is 12.9. The highest BCUT2D eigenvalue weighted by molar-refractivity contribution is 6.31. The second-order valence-corrected chi connectivity index (χ2v) is 5.82. The van der Waals surface area contributed by atoms with Crippen LogP contribution in [-0.2, 0) is 4.74 Å². The predicted molar refractivity (Wildman–Crippen MR) is 73.0 cm³/mol. The van der Waals surface area contributed by atoms with Crippen molar-refractivity contribution in [3.8, 4) is 5.75 Å². The van der Waals surface area contributed by atoms with Crippen LogP contribution in [0.1, 0.15) is 43.0 Å². The normalized spacial score (nSPS) is 30.0. The summed E-state index contributed by atoms with van der Waals surface area (Å²) in [4.78, 5) is 12.3. The zero-order chi connectivity index (χ0) is 13.5. The van der Waals surface area contributed by atoms with Crippen LogP contribution < -0.4 is 4.74 Å². The quantitative estimate of drug-likeness (QED) is 0.788. The average molecular weight is 281 g/mol. The molecule has 19 heavy (non-hydrogen) atoms. The Bertz CT molecular complexity index is 514. The molecule has 1 aromatic carbocycles. The number of carbonyl (C=O) groups excluding carboxylic acids is 1. The predicted octanol–water partition coefficient (Wildman–Crippen LogP) is 3.63. The molecule has 0 bridgehead atoms. The van der Waals surface area contributed by atoms with Crippen molar-refractivity contribution < 1.29 is 14.3 Å². The lowest BCUT2D eigenvalue weighted by Crippen LogP contribution is -2.49. The van der Waals surface area contributed by atoms with Gasteiger partial charge >= 0.3 is 0 Å². The van der Waals surface area contributed by atoms with Gasteiger partial charge in [-0.3, -0.25) is 4.79 Å². The molecule has 1 spiro atoms. The van der Waals surface area contributed by atoms with Crippen LogP contribution in [0.5, 0.6) is 5.75 Å². The van der Waals surface area contributed by atoms with Gasteiger partial charge in [0.2, 0.25) is 0 Å². The Hall–Kier alpha value is -1.06. The first-order valence-corrected chi connectivity index (χ1v) is 7.13. The topological polar surface area (TPSA) is 35.5 Å². The van der Waals surface area contributed by atoms with E-state index in [-0.39, 0.29) is 17.5 Å². The third-order valence-corrected chi connectivity index (χ3v) is 4.25. The second-order valence-electron chi connectivity index (χ2n) is 5.38. The van der Waals surface area contributed by atoms with Gasteiger partial charge in [0.25, 0.3) is 0 Å². The number of hydrogen-bond acceptors (Lipinski definition) is 3. The summed E-state index contributed by atoms with van der Waals surface area (Å²) >= 11 is 5.94. The maximum absolute atomic E-state index is 12.3. The standard InChI is InChI=1S/C15H17ClO3/c1-2-11-8-15(5-6-18-11)9-13(17)12-7-10(16)3-4-14(12)19-15/h3-4,7,11H,2,5-6,8-9H2,1H3. The van der Waals surface area contributed by atoms with Gasteiger partial charge in [0.05, 0.1) is 24.7 Å². The molecule has 1 fully saturated rings. The number of benzene rings is 1. The van der Waals surface area contributed by atoms with Crippen LogP contribution >= 0.6 is 11.6 Å². The van der Waals surface area contributed by atoms with Crippen molar-refractivity contribution in [3.63, 3.8) is 0 Å². The van der Waals surface area contributed by atoms with Crippen molar-refractivity contribution >= 4 is 17.4 Å². The molecule has 0 N–H and O–H groups in total. The summed E-state index contributed by atoms with van der Waals surface area (Å²) in [7, 11) is 0. The van der Waals surface area contributed by atoms with Crippen LogP contribution in [0.25, 0.3) is 0 Å². The number of ketones is 1. The molecule has 0 saturated carbocycles. The van der Waals surface area contributed by atoms with E-state index in [1.807, 2.05) is 0 Å². The highest BCUT2D eigenvalue weighted by Crippen LogP contribution is 2.41. The Morgan fingerprint density at radius 3 is 3.11 bits per heavy atom. The summed E-state index contributed by atoms with van der Waals surface area (Å²) < 4.78 is 11.8. The summed E-state index contributed by atoms with van der Waals surface area (Å²) in [5.41, 5.74) is 0.231. The molecule has 3 nitrogen and oxygen atoms in total. The van der Waals surface area contributed by atoms with Crippen LogP contribution in [0.4, 0.5) is 0 Å². The first-order valence-electron chi connectivity index (χ1n) is 6.75. The van der Waals surface area contributed by atoms with E-state index in [1.165, 1.54) is 0 Å². The molecule has 2 heterocycles. The lowest BCUT2D eigenvalue weighted by Gasteiger charge is -2.43. The summed E-state index contributed by atoms with van der Waals surface area (Å²) in [5.74, 6) is 0.790. The Kier molecular flexibility index (Phi) is 3.27. The van der Waals surface area contributed by atoms with E-state index in [0.29, 0.717) is 29.4 Å². The number of Topliss-reactive ketones (excluding diaryl/α,β-unsaturated/α-hetero) is 1. The number of hydrogen-bond donors (Lipinski definition) is 0. The number of ether oxygens (including phenoxy) is 2. The molecule has 0 aliphatic carbocycles. The summed E-state index contributed by atoms with van der Waals surface area (Å²) in [6.45, 7) is 2.76. The lowest BCUT2D eigenvalue weighted by molar-refractivity contribution is -0.0922. The van der Waals surface area contributed by atoms with Gasteiger partial charge in [-0.25, -0.2) is 0 Å². The molecular formula is C15H17ClO3. The smallest absolute Gasteiger partial charge is 0.170 e. The minimum absolute atomic E-state index is 0.125. The van der Waals surface area contributed by atoms with Gasteiger partial charge in [-0.1, -0.05) is 18.5 Å². The molecule has 102 valence electrons. The fraction of sp³-hybridized carbons (Fsp3) is 0.533. The third-order valence-electron chi connectivity index (χ3n) is 4.02. The zero-order valence-corrected chi connectivity index (χ0v) is 11.7. The first-order chi connectivity index (χ1) is 9.12. The van der Waals surface area contributed by atoms with Crippen LogP contribution in [0, 0.1) is 0 Å². The van der Waals surface area contributed by atoms with Crippen LogP contribution in [0.2, 0.25) is 5.02 Å². The van der Waals surface area contributed by atoms with Gasteiger partial charge in [-0.2, -0.15) is 0 Å². The van der Waals surface area contributed by atoms with E-state index in [2.05, 4.69) is 6.92 Å². The van der Waals surface area contributed by atoms with Crippen LogP contribution in [-0.4, -0.2) is 24.1 Å². The molecule has 4 heteroatoms. The Morgan fingerprint density at radius 1 is 1.47 bits per heavy atom. The van der Waals surface area contributed by atoms with Gasteiger partial charge in [0, 0.05) is 17.9 Å². The second kappa shape index (κ2) is 4.80. The Labute approximate surface area is 117 Å². The molecular weight excluding hydrogens is 264 g/mol. The van der Waals surface area contributed by atoms with Crippen LogP contribution in [0.15, 0.2) is 18.2 Å². The number of fused-ring (bicyclic) bond motifs is 1. The Morgan fingerprint density at radius 2 is 2.32 bits per heavy atom. The largest absolute Gasteiger partial charge is 0.486 e. The number of rotatable bonds is 1. The van der Waals surface area contributed by atoms with E-state index in [0.717, 1.165) is 19.3 Å². The van der Waals surface area contributed by atoms with Crippen molar-refractivity contribution in [1.29, 1.82) is 0 Å². The molecule has 1 saturated heterocycles. The van der Waals surface area contributed by atoms with Crippen molar-refractivity contribution in [3.05, 3.63) is 28.8 Å². The highest BCUT2D eigenvalue weighted by atomic mass is 35.5. The van der Waals surface area contributed by atoms with Gasteiger partial charge in [0.1, 0.15) is 11.4 Å². The fourth-order valence-corrected chi connectivity index (χ4v) is 3.14. The van der Waals surface area contributed by atoms with Crippen molar-refractivity contribution in [2.24, 2.45) is 0 Å². The molecule has 0 radical (unpaired) electrons. The van der Waals surface area contributed by atoms with Gasteiger partial charge in [-0.15, -0.1) is 0 Å². The summed E-state index contributed by atoms with van der Waals surface area (Å²) in [5, 5.41) is 0.574. The molecule has 2 unspecified atom stereocenters. The van der Waals surface area contributed by atoms with Gasteiger partial charge in [0.15, 0.2) is 5.78 Å². The van der Waals surface area contributed by atoms with E-state index in [1.54, 1.807) is 18.2 Å². The minimum Gasteiger partial charge on any atom is -0.486 e. The molecule has 2 aliphatic heterocycles. The fourth-order valence-electron chi connectivity index (χ4n) is 2.97. The van der Waals surface area contributed by atoms with Gasteiger partial charge in [-0.05, 0) is 24.6 Å². The molecule has 1 aromatic rings. The van der Waals surface area contributed by atoms with Crippen molar-refractivity contribution in [2.45, 2.75) is 44.3 Å². The molecule has 0 amide bonds. The van der Waals surface area contributed by atoms with E-state index in [4.69, 9.17) is 21.1 Å². The Balaban J connectivity index is 1.92. The molecule has 2 aliphatic rings.